The lowest BCUT2D eigenvalue weighted by Gasteiger charge is -2.08. The maximum atomic E-state index is 4.99. The molecule has 0 bridgehead atoms. The average molecular weight is 160 g/mol. The van der Waals surface area contributed by atoms with Crippen molar-refractivity contribution in [1.82, 2.24) is 0 Å². The van der Waals surface area contributed by atoms with E-state index in [0.29, 0.717) is 5.25 Å². The number of hydrogen-bond acceptors (Lipinski definition) is 2. The molecule has 0 saturated heterocycles. The van der Waals surface area contributed by atoms with Crippen LogP contribution >= 0.6 is 11.8 Å². The van der Waals surface area contributed by atoms with Gasteiger partial charge in [-0.2, -0.15) is 11.8 Å². The largest absolute Gasteiger partial charge is 0.384 e. The Morgan fingerprint density at radius 1 is 1.70 bits per heavy atom. The lowest BCUT2D eigenvalue weighted by molar-refractivity contribution is 0.203. The van der Waals surface area contributed by atoms with Crippen molar-refractivity contribution in [3.63, 3.8) is 0 Å². The average Bonchev–Trinajstić information content (AvgIpc) is 1.85. The van der Waals surface area contributed by atoms with Crippen molar-refractivity contribution in [3.05, 3.63) is 12.2 Å². The van der Waals surface area contributed by atoms with Gasteiger partial charge in [0.05, 0.1) is 6.61 Å². The smallest absolute Gasteiger partial charge is 0.0578 e. The molecule has 0 aromatic carbocycles. The zero-order valence-corrected chi connectivity index (χ0v) is 7.83. The minimum Gasteiger partial charge on any atom is -0.384 e. The van der Waals surface area contributed by atoms with Crippen LogP contribution in [0.2, 0.25) is 0 Å². The van der Waals surface area contributed by atoms with E-state index >= 15 is 0 Å². The Morgan fingerprint density at radius 3 is 2.70 bits per heavy atom. The molecule has 0 aromatic rings. The van der Waals surface area contributed by atoms with Crippen LogP contribution in [0.3, 0.4) is 0 Å². The summed E-state index contributed by atoms with van der Waals surface area (Å²) >= 11 is 1.88. The van der Waals surface area contributed by atoms with Crippen LogP contribution in [0.1, 0.15) is 13.8 Å². The Morgan fingerprint density at radius 2 is 2.30 bits per heavy atom. The van der Waals surface area contributed by atoms with Crippen LogP contribution in [0.5, 0.6) is 0 Å². The van der Waals surface area contributed by atoms with Gasteiger partial charge >= 0.3 is 0 Å². The topological polar surface area (TPSA) is 9.23 Å². The van der Waals surface area contributed by atoms with Crippen LogP contribution in [0.15, 0.2) is 12.2 Å². The quantitative estimate of drug-likeness (QED) is 0.571. The van der Waals surface area contributed by atoms with E-state index in [9.17, 15) is 0 Å². The van der Waals surface area contributed by atoms with Crippen molar-refractivity contribution in [2.24, 2.45) is 0 Å². The van der Waals surface area contributed by atoms with Gasteiger partial charge in [0, 0.05) is 18.1 Å². The molecule has 0 rings (SSSR count). The van der Waals surface area contributed by atoms with Gasteiger partial charge in [0.1, 0.15) is 0 Å². The third-order valence-corrected chi connectivity index (χ3v) is 2.38. The fourth-order valence-corrected chi connectivity index (χ4v) is 1.37. The molecule has 1 unspecified atom stereocenters. The normalized spacial score (nSPS) is 13.1. The van der Waals surface area contributed by atoms with Gasteiger partial charge in [-0.1, -0.05) is 19.1 Å². The van der Waals surface area contributed by atoms with E-state index < -0.39 is 0 Å². The molecule has 0 saturated carbocycles. The van der Waals surface area contributed by atoms with E-state index in [4.69, 9.17) is 4.74 Å². The second-order valence-corrected chi connectivity index (χ2v) is 3.96. The molecule has 0 amide bonds. The van der Waals surface area contributed by atoms with Gasteiger partial charge in [-0.15, -0.1) is 0 Å². The summed E-state index contributed by atoms with van der Waals surface area (Å²) in [6.07, 6.45) is 0. The van der Waals surface area contributed by atoms with Gasteiger partial charge in [-0.3, -0.25) is 0 Å². The van der Waals surface area contributed by atoms with Crippen LogP contribution in [-0.2, 0) is 4.74 Å². The van der Waals surface area contributed by atoms with Crippen LogP contribution in [0.4, 0.5) is 0 Å². The van der Waals surface area contributed by atoms with Gasteiger partial charge in [0.15, 0.2) is 0 Å². The van der Waals surface area contributed by atoms with Crippen molar-refractivity contribution in [1.29, 1.82) is 0 Å². The zero-order chi connectivity index (χ0) is 7.98. The monoisotopic (exact) mass is 160 g/mol. The van der Waals surface area contributed by atoms with Crippen molar-refractivity contribution in [3.8, 4) is 0 Å². The Hall–Kier alpha value is 0.0500. The molecule has 0 aliphatic heterocycles. The maximum absolute atomic E-state index is 4.99. The minimum atomic E-state index is 0.585. The van der Waals surface area contributed by atoms with E-state index in [1.165, 1.54) is 5.57 Å². The van der Waals surface area contributed by atoms with Gasteiger partial charge in [0.25, 0.3) is 0 Å². The Bertz CT molecular complexity index is 101. The summed E-state index contributed by atoms with van der Waals surface area (Å²) in [6, 6.07) is 0. The number of hydrogen-bond donors (Lipinski definition) is 0. The molecule has 10 heavy (non-hydrogen) atoms. The SMILES string of the molecule is C=C(C)CSC(C)COC. The second kappa shape index (κ2) is 5.81. The molecule has 0 aromatic heterocycles. The Labute approximate surface area is 67.8 Å². The van der Waals surface area contributed by atoms with Crippen LogP contribution in [-0.4, -0.2) is 24.7 Å². The third kappa shape index (κ3) is 6.17. The molecule has 0 fully saturated rings. The summed E-state index contributed by atoms with van der Waals surface area (Å²) in [5, 5.41) is 0.585. The Balaban J connectivity index is 3.21. The Kier molecular flexibility index (Phi) is 5.84. The summed E-state index contributed by atoms with van der Waals surface area (Å²) in [7, 11) is 1.73. The van der Waals surface area contributed by atoms with Gasteiger partial charge in [0.2, 0.25) is 0 Å². The first-order valence-corrected chi connectivity index (χ1v) is 4.46. The fourth-order valence-electron chi connectivity index (χ4n) is 0.567. The molecule has 1 atom stereocenters. The molecule has 0 aliphatic rings. The predicted octanol–water partition coefficient (Wildman–Crippen LogP) is 2.33. The minimum absolute atomic E-state index is 0.585. The summed E-state index contributed by atoms with van der Waals surface area (Å²) in [5.41, 5.74) is 1.23. The highest BCUT2D eigenvalue weighted by Crippen LogP contribution is 2.12. The molecule has 1 nitrogen and oxygen atoms in total. The highest BCUT2D eigenvalue weighted by molar-refractivity contribution is 8.00. The number of rotatable bonds is 5. The number of methoxy groups -OCH3 is 1. The van der Waals surface area contributed by atoms with Crippen molar-refractivity contribution >= 4 is 11.8 Å². The van der Waals surface area contributed by atoms with E-state index in [-0.39, 0.29) is 0 Å². The second-order valence-electron chi connectivity index (χ2n) is 2.53. The molecule has 60 valence electrons. The first kappa shape index (κ1) is 10.0. The first-order chi connectivity index (χ1) is 4.66. The molecule has 0 N–H and O–H groups in total. The van der Waals surface area contributed by atoms with Crippen molar-refractivity contribution < 1.29 is 4.74 Å². The van der Waals surface area contributed by atoms with Crippen molar-refractivity contribution in [2.75, 3.05) is 19.5 Å². The number of thioether (sulfide) groups is 1. The summed E-state index contributed by atoms with van der Waals surface area (Å²) in [4.78, 5) is 0. The van der Waals surface area contributed by atoms with Gasteiger partial charge in [-0.05, 0) is 6.92 Å². The lowest BCUT2D eigenvalue weighted by Crippen LogP contribution is -2.05. The van der Waals surface area contributed by atoms with E-state index in [2.05, 4.69) is 13.5 Å². The molecule has 0 aliphatic carbocycles. The van der Waals surface area contributed by atoms with Crippen LogP contribution < -0.4 is 0 Å². The molecular weight excluding hydrogens is 144 g/mol. The molecule has 0 heterocycles. The first-order valence-electron chi connectivity index (χ1n) is 3.41. The van der Waals surface area contributed by atoms with Crippen LogP contribution in [0.25, 0.3) is 0 Å². The fraction of sp³-hybridized carbons (Fsp3) is 0.750. The third-order valence-electron chi connectivity index (χ3n) is 1.02. The maximum Gasteiger partial charge on any atom is 0.0578 e. The standard InChI is InChI=1S/C8H16OS/c1-7(2)6-10-8(3)5-9-4/h8H,1,5-6H2,2-4H3. The number of ether oxygens (including phenoxy) is 1. The summed E-state index contributed by atoms with van der Waals surface area (Å²) in [6.45, 7) is 8.87. The molecule has 0 spiro atoms. The summed E-state index contributed by atoms with van der Waals surface area (Å²) in [5.74, 6) is 1.05. The van der Waals surface area contributed by atoms with Gasteiger partial charge in [-0.25, -0.2) is 0 Å². The van der Waals surface area contributed by atoms with E-state index in [1.807, 2.05) is 18.7 Å². The molecule has 2 heteroatoms. The van der Waals surface area contributed by atoms with Crippen molar-refractivity contribution in [2.45, 2.75) is 19.1 Å². The molecular formula is C8H16OS. The van der Waals surface area contributed by atoms with Crippen LogP contribution in [0, 0.1) is 0 Å². The van der Waals surface area contributed by atoms with E-state index in [0.717, 1.165) is 12.4 Å². The molecule has 0 radical (unpaired) electrons. The van der Waals surface area contributed by atoms with E-state index in [1.54, 1.807) is 7.11 Å². The predicted molar refractivity (Wildman–Crippen MR) is 48.6 cm³/mol. The highest BCUT2D eigenvalue weighted by Gasteiger charge is 1.99. The van der Waals surface area contributed by atoms with Gasteiger partial charge < -0.3 is 4.74 Å². The summed E-state index contributed by atoms with van der Waals surface area (Å²) < 4.78 is 4.99. The zero-order valence-electron chi connectivity index (χ0n) is 7.02. The highest BCUT2D eigenvalue weighted by atomic mass is 32.2. The lowest BCUT2D eigenvalue weighted by atomic mass is 10.4.